The average molecular weight is 354 g/mol. The van der Waals surface area contributed by atoms with Gasteiger partial charge in [0.2, 0.25) is 11.5 Å². The maximum atomic E-state index is 13.0. The molecule has 0 aliphatic rings. The number of hydrogen-bond acceptors (Lipinski definition) is 1. The van der Waals surface area contributed by atoms with Crippen molar-refractivity contribution in [3.8, 4) is 0 Å². The van der Waals surface area contributed by atoms with E-state index in [-0.39, 0.29) is 0 Å². The Morgan fingerprint density at radius 2 is 0.870 bits per heavy atom. The van der Waals surface area contributed by atoms with Crippen LogP contribution in [0.4, 0.5) is 43.9 Å². The predicted octanol–water partition coefficient (Wildman–Crippen LogP) is 5.05. The number of rotatable bonds is 4. The molecule has 0 radical (unpaired) electrons. The molecule has 0 aliphatic carbocycles. The van der Waals surface area contributed by atoms with Crippen molar-refractivity contribution in [2.75, 3.05) is 0 Å². The van der Waals surface area contributed by atoms with Gasteiger partial charge in [-0.2, -0.15) is 43.9 Å². The van der Waals surface area contributed by atoms with Crippen molar-refractivity contribution in [3.63, 3.8) is 0 Å². The highest BCUT2D eigenvalue weighted by Crippen LogP contribution is 2.46. The molecule has 0 saturated carbocycles. The summed E-state index contributed by atoms with van der Waals surface area (Å²) in [5.41, 5.74) is 4.27. The molecule has 11 heteroatoms. The quantitative estimate of drug-likeness (QED) is 0.390. The molecular weight excluding hydrogens is 350 g/mol. The number of ether oxygens (including phenoxy) is 1. The Balaban J connectivity index is 6.26. The standard InChI is InChI=1S/C12H4F10O/c1-3-5-7(9(13,14)11(17,18)19)23-8(6-4-2)10(15,16)12(20,21)22/h1-2H2. The van der Waals surface area contributed by atoms with Crippen molar-refractivity contribution in [2.45, 2.75) is 24.2 Å². The zero-order valence-corrected chi connectivity index (χ0v) is 10.6. The highest BCUT2D eigenvalue weighted by molar-refractivity contribution is 5.16. The molecule has 0 aliphatic heterocycles. The zero-order chi connectivity index (χ0) is 18.7. The Morgan fingerprint density at radius 3 is 1.04 bits per heavy atom. The van der Waals surface area contributed by atoms with Crippen molar-refractivity contribution < 1.29 is 48.6 Å². The van der Waals surface area contributed by atoms with Gasteiger partial charge < -0.3 is 4.74 Å². The van der Waals surface area contributed by atoms with E-state index in [4.69, 9.17) is 0 Å². The SMILES string of the molecule is C=C=C=C(OC(=C=C=C)C(F)(F)C(F)(F)F)C(F)(F)C(F)(F)F. The summed E-state index contributed by atoms with van der Waals surface area (Å²) in [5.74, 6) is -17.4. The van der Waals surface area contributed by atoms with Gasteiger partial charge in [-0.3, -0.25) is 0 Å². The Hall–Kier alpha value is -2.30. The van der Waals surface area contributed by atoms with Crippen molar-refractivity contribution in [1.29, 1.82) is 0 Å². The maximum Gasteiger partial charge on any atom is 0.462 e. The van der Waals surface area contributed by atoms with E-state index in [1.54, 1.807) is 0 Å². The molecule has 0 aromatic heterocycles. The van der Waals surface area contributed by atoms with Gasteiger partial charge in [0.25, 0.3) is 0 Å². The van der Waals surface area contributed by atoms with E-state index >= 15 is 0 Å². The van der Waals surface area contributed by atoms with E-state index in [2.05, 4.69) is 17.9 Å². The van der Waals surface area contributed by atoms with Crippen LogP contribution in [0.1, 0.15) is 0 Å². The molecule has 128 valence electrons. The first-order valence-electron chi connectivity index (χ1n) is 5.01. The lowest BCUT2D eigenvalue weighted by Crippen LogP contribution is -2.42. The molecule has 0 heterocycles. The third-order valence-electron chi connectivity index (χ3n) is 1.89. The Bertz CT molecular complexity index is 570. The fourth-order valence-electron chi connectivity index (χ4n) is 0.856. The molecule has 0 aromatic carbocycles. The van der Waals surface area contributed by atoms with Crippen LogP contribution in [0.2, 0.25) is 0 Å². The average Bonchev–Trinajstić information content (AvgIpc) is 2.34. The van der Waals surface area contributed by atoms with Gasteiger partial charge in [-0.15, -0.1) is 0 Å². The number of hydrogen-bond donors (Lipinski definition) is 0. The van der Waals surface area contributed by atoms with Crippen LogP contribution in [0, 0.1) is 0 Å². The maximum absolute atomic E-state index is 13.0. The van der Waals surface area contributed by atoms with Gasteiger partial charge in [-0.1, -0.05) is 11.5 Å². The molecule has 0 aromatic rings. The van der Waals surface area contributed by atoms with Crippen LogP contribution in [0.3, 0.4) is 0 Å². The van der Waals surface area contributed by atoms with E-state index in [1.807, 2.05) is 0 Å². The molecule has 0 unspecified atom stereocenters. The third kappa shape index (κ3) is 4.34. The highest BCUT2D eigenvalue weighted by Gasteiger charge is 2.66. The van der Waals surface area contributed by atoms with Crippen LogP contribution in [0.5, 0.6) is 0 Å². The highest BCUT2D eigenvalue weighted by atomic mass is 19.4. The normalized spacial score (nSPS) is 12.4. The fourth-order valence-corrected chi connectivity index (χ4v) is 0.856. The van der Waals surface area contributed by atoms with Gasteiger partial charge in [0.15, 0.2) is 0 Å². The Morgan fingerprint density at radius 1 is 0.609 bits per heavy atom. The lowest BCUT2D eigenvalue weighted by Gasteiger charge is -2.24. The first-order valence-corrected chi connectivity index (χ1v) is 5.01. The summed E-state index contributed by atoms with van der Waals surface area (Å²) in [6, 6.07) is 0. The smallest absolute Gasteiger partial charge is 0.434 e. The van der Waals surface area contributed by atoms with Crippen LogP contribution in [-0.4, -0.2) is 24.2 Å². The monoisotopic (exact) mass is 354 g/mol. The molecule has 0 amide bonds. The van der Waals surface area contributed by atoms with Crippen molar-refractivity contribution in [3.05, 3.63) is 47.6 Å². The summed E-state index contributed by atoms with van der Waals surface area (Å²) in [6.45, 7) is 5.11. The van der Waals surface area contributed by atoms with Gasteiger partial charge in [-0.05, 0) is 24.6 Å². The van der Waals surface area contributed by atoms with E-state index in [1.165, 1.54) is 11.5 Å². The minimum Gasteiger partial charge on any atom is -0.434 e. The van der Waals surface area contributed by atoms with E-state index < -0.39 is 35.7 Å². The van der Waals surface area contributed by atoms with Gasteiger partial charge in [0.1, 0.15) is 0 Å². The molecule has 0 saturated heterocycles. The first kappa shape index (κ1) is 20.7. The second-order valence-electron chi connectivity index (χ2n) is 3.51. The van der Waals surface area contributed by atoms with Crippen LogP contribution in [0.25, 0.3) is 0 Å². The zero-order valence-electron chi connectivity index (χ0n) is 10.6. The first-order chi connectivity index (χ1) is 10.1. The minimum atomic E-state index is -6.37. The summed E-state index contributed by atoms with van der Waals surface area (Å²) in [5, 5.41) is 0. The summed E-state index contributed by atoms with van der Waals surface area (Å²) in [4.78, 5) is 0. The molecule has 0 rings (SSSR count). The van der Waals surface area contributed by atoms with Crippen LogP contribution in [-0.2, 0) is 4.74 Å². The Kier molecular flexibility index (Phi) is 5.80. The lowest BCUT2D eigenvalue weighted by atomic mass is 10.2. The van der Waals surface area contributed by atoms with Crippen LogP contribution in [0.15, 0.2) is 47.6 Å². The van der Waals surface area contributed by atoms with Gasteiger partial charge >= 0.3 is 24.2 Å². The van der Waals surface area contributed by atoms with Crippen molar-refractivity contribution in [1.82, 2.24) is 0 Å². The molecule has 1 nitrogen and oxygen atoms in total. The molecule has 0 atom stereocenters. The Labute approximate surface area is 121 Å². The molecule has 0 N–H and O–H groups in total. The predicted molar refractivity (Wildman–Crippen MR) is 55.4 cm³/mol. The second-order valence-corrected chi connectivity index (χ2v) is 3.51. The fraction of sp³-hybridized carbons (Fsp3) is 0.333. The molecule has 23 heavy (non-hydrogen) atoms. The summed E-state index contributed by atoms with van der Waals surface area (Å²) in [6.07, 6.45) is -12.7. The number of allylic oxidation sites excluding steroid dienone is 2. The topological polar surface area (TPSA) is 9.23 Å². The summed E-state index contributed by atoms with van der Waals surface area (Å²) < 4.78 is 129. The van der Waals surface area contributed by atoms with E-state index in [0.717, 1.165) is 11.5 Å². The van der Waals surface area contributed by atoms with Crippen LogP contribution < -0.4 is 0 Å². The largest absolute Gasteiger partial charge is 0.462 e. The van der Waals surface area contributed by atoms with Crippen molar-refractivity contribution >= 4 is 0 Å². The molecular formula is C12H4F10O. The number of halogens is 10. The van der Waals surface area contributed by atoms with E-state index in [9.17, 15) is 43.9 Å². The summed E-state index contributed by atoms with van der Waals surface area (Å²) >= 11 is 0. The van der Waals surface area contributed by atoms with Gasteiger partial charge in [0, 0.05) is 0 Å². The minimum absolute atomic E-state index is 0.895. The number of alkyl halides is 10. The molecule has 0 spiro atoms. The van der Waals surface area contributed by atoms with Crippen LogP contribution >= 0.6 is 0 Å². The second kappa shape index (κ2) is 6.44. The molecule has 0 bridgehead atoms. The lowest BCUT2D eigenvalue weighted by molar-refractivity contribution is -0.289. The van der Waals surface area contributed by atoms with E-state index in [0.29, 0.717) is 0 Å². The van der Waals surface area contributed by atoms with Gasteiger partial charge in [0.05, 0.1) is 0 Å². The van der Waals surface area contributed by atoms with Gasteiger partial charge in [-0.25, -0.2) is 0 Å². The third-order valence-corrected chi connectivity index (χ3v) is 1.89. The molecule has 0 fully saturated rings. The summed E-state index contributed by atoms with van der Waals surface area (Å²) in [7, 11) is 0. The van der Waals surface area contributed by atoms with Crippen molar-refractivity contribution in [2.24, 2.45) is 0 Å².